The fraction of sp³-hybridized carbons (Fsp3) is 0.176. The average molecular weight is 403 g/mol. The van der Waals surface area contributed by atoms with Crippen molar-refractivity contribution in [2.75, 3.05) is 12.4 Å². The molecular formula is C17H14N4O2S3. The Labute approximate surface area is 162 Å². The molecule has 132 valence electrons. The van der Waals surface area contributed by atoms with Gasteiger partial charge < -0.3 is 4.74 Å². The van der Waals surface area contributed by atoms with E-state index in [0.717, 1.165) is 14.9 Å². The minimum atomic E-state index is -0.366. The summed E-state index contributed by atoms with van der Waals surface area (Å²) in [5.41, 5.74) is 1.13. The molecule has 0 N–H and O–H groups in total. The van der Waals surface area contributed by atoms with Gasteiger partial charge in [0.25, 0.3) is 0 Å². The number of thiophene rings is 2. The molecule has 3 aromatic heterocycles. The second kappa shape index (κ2) is 7.56. The zero-order valence-electron chi connectivity index (χ0n) is 13.8. The van der Waals surface area contributed by atoms with Gasteiger partial charge in [0.2, 0.25) is 5.16 Å². The number of hydrogen-bond donors (Lipinski definition) is 0. The van der Waals surface area contributed by atoms with E-state index in [4.69, 9.17) is 4.74 Å². The number of esters is 1. The molecule has 0 aliphatic carbocycles. The van der Waals surface area contributed by atoms with E-state index in [9.17, 15) is 4.79 Å². The number of rotatable bonds is 5. The number of carbonyl (C=O) groups is 1. The Morgan fingerprint density at radius 2 is 2.12 bits per heavy atom. The number of carbonyl (C=O) groups excluding carboxylic acids is 1. The van der Waals surface area contributed by atoms with Crippen molar-refractivity contribution in [1.82, 2.24) is 14.9 Å². The summed E-state index contributed by atoms with van der Waals surface area (Å²) in [5.74, 6) is 0.854. The summed E-state index contributed by atoms with van der Waals surface area (Å²) in [6.07, 6.45) is 1.84. The highest BCUT2D eigenvalue weighted by atomic mass is 32.2. The van der Waals surface area contributed by atoms with E-state index >= 15 is 0 Å². The predicted molar refractivity (Wildman–Crippen MR) is 106 cm³/mol. The largest absolute Gasteiger partial charge is 0.462 e. The van der Waals surface area contributed by atoms with Crippen molar-refractivity contribution in [1.29, 1.82) is 0 Å². The maximum atomic E-state index is 12.5. The van der Waals surface area contributed by atoms with E-state index in [1.54, 1.807) is 34.3 Å². The molecule has 1 aliphatic rings. The molecular weight excluding hydrogens is 388 g/mol. The molecule has 6 nitrogen and oxygen atoms in total. The molecule has 0 atom stereocenters. The van der Waals surface area contributed by atoms with Crippen molar-refractivity contribution in [2.45, 2.75) is 12.1 Å². The Morgan fingerprint density at radius 3 is 2.85 bits per heavy atom. The van der Waals surface area contributed by atoms with Crippen LogP contribution in [0.15, 0.2) is 50.9 Å². The third-order valence-electron chi connectivity index (χ3n) is 3.55. The fourth-order valence-corrected chi connectivity index (χ4v) is 4.58. The van der Waals surface area contributed by atoms with Gasteiger partial charge in [-0.3, -0.25) is 0 Å². The normalized spacial score (nSPS) is 14.0. The van der Waals surface area contributed by atoms with Crippen LogP contribution >= 0.6 is 34.4 Å². The summed E-state index contributed by atoms with van der Waals surface area (Å²) in [4.78, 5) is 14.5. The molecule has 0 bridgehead atoms. The molecule has 0 unspecified atom stereocenters. The van der Waals surface area contributed by atoms with Gasteiger partial charge >= 0.3 is 5.97 Å². The topological polar surface area (TPSA) is 69.4 Å². The molecule has 0 spiro atoms. The van der Waals surface area contributed by atoms with Crippen LogP contribution in [0, 0.1) is 0 Å². The minimum Gasteiger partial charge on any atom is -0.462 e. The lowest BCUT2D eigenvalue weighted by Gasteiger charge is -2.15. The first-order valence-corrected chi connectivity index (χ1v) is 10.6. The number of ether oxygens (including phenoxy) is 1. The summed E-state index contributed by atoms with van der Waals surface area (Å²) >= 11 is 4.65. The maximum absolute atomic E-state index is 12.5. The highest BCUT2D eigenvalue weighted by Crippen LogP contribution is 2.31. The molecule has 0 saturated carbocycles. The van der Waals surface area contributed by atoms with Gasteiger partial charge in [0, 0.05) is 10.6 Å². The molecule has 0 amide bonds. The van der Waals surface area contributed by atoms with E-state index < -0.39 is 0 Å². The maximum Gasteiger partial charge on any atom is 0.340 e. The second-order valence-electron chi connectivity index (χ2n) is 5.22. The first-order valence-electron chi connectivity index (χ1n) is 7.89. The number of thioether (sulfide) groups is 1. The van der Waals surface area contributed by atoms with Gasteiger partial charge in [0.15, 0.2) is 5.82 Å². The summed E-state index contributed by atoms with van der Waals surface area (Å²) in [6, 6.07) is 7.85. The SMILES string of the molecule is CCOC(=O)/C(=C\c1cccs1)C1=Nn2c(nnc2-c2cccs2)SC1. The highest BCUT2D eigenvalue weighted by Gasteiger charge is 2.25. The molecule has 0 aromatic carbocycles. The predicted octanol–water partition coefficient (Wildman–Crippen LogP) is 4.02. The average Bonchev–Trinajstić information content (AvgIpc) is 3.39. The Kier molecular flexibility index (Phi) is 5.00. The molecule has 4 rings (SSSR count). The van der Waals surface area contributed by atoms with Crippen molar-refractivity contribution in [3.05, 3.63) is 45.5 Å². The molecule has 26 heavy (non-hydrogen) atoms. The Hall–Kier alpha value is -2.23. The number of nitrogens with zero attached hydrogens (tertiary/aromatic N) is 4. The quantitative estimate of drug-likeness (QED) is 0.476. The monoisotopic (exact) mass is 402 g/mol. The van der Waals surface area contributed by atoms with Crippen LogP contribution in [-0.2, 0) is 9.53 Å². The van der Waals surface area contributed by atoms with Crippen LogP contribution in [0.25, 0.3) is 16.8 Å². The van der Waals surface area contributed by atoms with E-state index in [1.165, 1.54) is 11.8 Å². The van der Waals surface area contributed by atoms with Crippen molar-refractivity contribution < 1.29 is 9.53 Å². The molecule has 4 heterocycles. The van der Waals surface area contributed by atoms with Gasteiger partial charge in [0.1, 0.15) is 0 Å². The zero-order chi connectivity index (χ0) is 17.9. The first-order chi connectivity index (χ1) is 12.8. The molecule has 0 saturated heterocycles. The molecule has 9 heteroatoms. The van der Waals surface area contributed by atoms with Crippen molar-refractivity contribution >= 4 is 52.2 Å². The summed E-state index contributed by atoms with van der Waals surface area (Å²) in [5, 5.41) is 17.8. The lowest BCUT2D eigenvalue weighted by molar-refractivity contribution is -0.137. The van der Waals surface area contributed by atoms with Gasteiger partial charge in [-0.1, -0.05) is 23.9 Å². The molecule has 0 fully saturated rings. The molecule has 3 aromatic rings. The standard InChI is InChI=1S/C17H14N4O2S3/c1-2-23-16(22)12(9-11-5-3-7-24-11)13-10-26-17-19-18-15(21(17)20-13)14-6-4-8-25-14/h3-9H,2,10H2,1H3/b12-9-. The van der Waals surface area contributed by atoms with Gasteiger partial charge in [0.05, 0.1) is 22.8 Å². The number of hydrogen-bond acceptors (Lipinski definition) is 8. The third-order valence-corrected chi connectivity index (χ3v) is 6.16. The van der Waals surface area contributed by atoms with Crippen molar-refractivity contribution in [3.8, 4) is 10.7 Å². The van der Waals surface area contributed by atoms with Crippen LogP contribution in [0.2, 0.25) is 0 Å². The second-order valence-corrected chi connectivity index (χ2v) is 8.09. The van der Waals surface area contributed by atoms with Gasteiger partial charge in [-0.05, 0) is 35.9 Å². The summed E-state index contributed by atoms with van der Waals surface area (Å²) in [6.45, 7) is 2.12. The van der Waals surface area contributed by atoms with Crippen LogP contribution in [-0.4, -0.2) is 38.9 Å². The van der Waals surface area contributed by atoms with Gasteiger partial charge in [-0.15, -0.1) is 32.9 Å². The van der Waals surface area contributed by atoms with Gasteiger partial charge in [-0.2, -0.15) is 9.78 Å². The van der Waals surface area contributed by atoms with Crippen LogP contribution in [0.5, 0.6) is 0 Å². The van der Waals surface area contributed by atoms with E-state index in [1.807, 2.05) is 41.1 Å². The lowest BCUT2D eigenvalue weighted by Crippen LogP contribution is -2.21. The third kappa shape index (κ3) is 3.37. The van der Waals surface area contributed by atoms with Crippen LogP contribution in [0.1, 0.15) is 11.8 Å². The molecule has 0 radical (unpaired) electrons. The highest BCUT2D eigenvalue weighted by molar-refractivity contribution is 7.99. The fourth-order valence-electron chi connectivity index (χ4n) is 2.40. The van der Waals surface area contributed by atoms with Crippen LogP contribution in [0.3, 0.4) is 0 Å². The summed E-state index contributed by atoms with van der Waals surface area (Å²) in [7, 11) is 0. The first kappa shape index (κ1) is 17.2. The van der Waals surface area contributed by atoms with E-state index in [0.29, 0.717) is 29.5 Å². The summed E-state index contributed by atoms with van der Waals surface area (Å²) < 4.78 is 6.95. The van der Waals surface area contributed by atoms with Crippen LogP contribution < -0.4 is 0 Å². The van der Waals surface area contributed by atoms with E-state index in [2.05, 4.69) is 15.3 Å². The van der Waals surface area contributed by atoms with Crippen molar-refractivity contribution in [3.63, 3.8) is 0 Å². The Morgan fingerprint density at radius 1 is 1.27 bits per heavy atom. The smallest absolute Gasteiger partial charge is 0.340 e. The lowest BCUT2D eigenvalue weighted by atomic mass is 10.1. The number of aromatic nitrogens is 3. The van der Waals surface area contributed by atoms with Crippen molar-refractivity contribution in [2.24, 2.45) is 5.10 Å². The zero-order valence-corrected chi connectivity index (χ0v) is 16.2. The Bertz CT molecular complexity index is 972. The van der Waals surface area contributed by atoms with Crippen LogP contribution in [0.4, 0.5) is 0 Å². The Balaban J connectivity index is 1.77. The molecule has 1 aliphatic heterocycles. The number of fused-ring (bicyclic) bond motifs is 1. The van der Waals surface area contributed by atoms with E-state index in [-0.39, 0.29) is 5.97 Å². The minimum absolute atomic E-state index is 0.319. The van der Waals surface area contributed by atoms with Gasteiger partial charge in [-0.25, -0.2) is 4.79 Å².